The maximum Gasteiger partial charge on any atom is 0.409 e. The fourth-order valence-electron chi connectivity index (χ4n) is 1.12. The third kappa shape index (κ3) is 2.65. The molecular weight excluding hydrogens is 218 g/mol. The van der Waals surface area contributed by atoms with Crippen LogP contribution in [0.1, 0.15) is 20.3 Å². The van der Waals surface area contributed by atoms with Crippen LogP contribution in [0.15, 0.2) is 12.2 Å². The Bertz CT molecular complexity index is 333. The molecule has 15 heavy (non-hydrogen) atoms. The van der Waals surface area contributed by atoms with Crippen molar-refractivity contribution in [1.82, 2.24) is 5.32 Å². The van der Waals surface area contributed by atoms with Gasteiger partial charge in [0.25, 0.3) is 0 Å². The maximum absolute atomic E-state index is 11.3. The molecule has 84 valence electrons. The lowest BCUT2D eigenvalue weighted by atomic mass is 10.2. The maximum atomic E-state index is 11.3. The van der Waals surface area contributed by atoms with Crippen LogP contribution in [0, 0.1) is 0 Å². The van der Waals surface area contributed by atoms with Gasteiger partial charge in [0.15, 0.2) is 10.5 Å². The number of nitrogens with one attached hydrogen (secondary N) is 1. The molecule has 0 aromatic rings. The van der Waals surface area contributed by atoms with Crippen LogP contribution in [0.5, 0.6) is 0 Å². The fraction of sp³-hybridized carbons (Fsp3) is 0.556. The van der Waals surface area contributed by atoms with Gasteiger partial charge >= 0.3 is 12.1 Å². The molecule has 1 rings (SSSR count). The number of carboxylic acid groups (broad SMARTS) is 1. The summed E-state index contributed by atoms with van der Waals surface area (Å²) in [5.74, 6) is -1.12. The summed E-state index contributed by atoms with van der Waals surface area (Å²) in [6.45, 7) is 6.67. The van der Waals surface area contributed by atoms with E-state index in [4.69, 9.17) is 9.84 Å². The molecule has 0 radical (unpaired) electrons. The van der Waals surface area contributed by atoms with Crippen molar-refractivity contribution in [3.05, 3.63) is 12.2 Å². The summed E-state index contributed by atoms with van der Waals surface area (Å²) < 4.78 is 4.82. The molecule has 1 saturated carbocycles. The lowest BCUT2D eigenvalue weighted by molar-refractivity contribution is -0.140. The molecule has 6 heteroatoms. The highest BCUT2D eigenvalue weighted by atomic mass is 32.1. The van der Waals surface area contributed by atoms with Crippen LogP contribution in [-0.4, -0.2) is 27.6 Å². The summed E-state index contributed by atoms with van der Waals surface area (Å²) in [6, 6.07) is 0. The molecule has 0 saturated heterocycles. The minimum absolute atomic E-state index is 0.241. The van der Waals surface area contributed by atoms with E-state index in [1.165, 1.54) is 0 Å². The first-order valence-corrected chi connectivity index (χ1v) is 4.77. The molecule has 1 amide bonds. The van der Waals surface area contributed by atoms with Crippen molar-refractivity contribution in [2.75, 3.05) is 0 Å². The standard InChI is InChI=1S/C9H13NO4S/c1-5-4-9(5,6(11)12)10-7(13)14-8(2,3)15/h15H,1,4H2,2-3H3,(H,10,13)(H,11,12)/t9-/m0/s1. The Morgan fingerprint density at radius 1 is 1.67 bits per heavy atom. The summed E-state index contributed by atoms with van der Waals surface area (Å²) in [4.78, 5) is 21.2. The SMILES string of the molecule is C=C1C[C@@]1(NC(=O)OC(C)(C)S)C(=O)O. The fourth-order valence-corrected chi connectivity index (χ4v) is 1.20. The van der Waals surface area contributed by atoms with Gasteiger partial charge in [0, 0.05) is 6.42 Å². The highest BCUT2D eigenvalue weighted by molar-refractivity contribution is 7.81. The average molecular weight is 231 g/mol. The number of carboxylic acids is 1. The van der Waals surface area contributed by atoms with Crippen molar-refractivity contribution in [2.45, 2.75) is 30.7 Å². The number of hydrogen-bond donors (Lipinski definition) is 3. The number of rotatable bonds is 3. The van der Waals surface area contributed by atoms with E-state index in [0.29, 0.717) is 5.57 Å². The zero-order valence-corrected chi connectivity index (χ0v) is 9.43. The highest BCUT2D eigenvalue weighted by Gasteiger charge is 2.56. The Kier molecular flexibility index (Phi) is 2.73. The van der Waals surface area contributed by atoms with Crippen LogP contribution in [0.2, 0.25) is 0 Å². The third-order valence-electron chi connectivity index (χ3n) is 1.98. The average Bonchev–Trinajstić information content (AvgIpc) is 2.57. The Morgan fingerprint density at radius 2 is 2.13 bits per heavy atom. The van der Waals surface area contributed by atoms with E-state index < -0.39 is 22.5 Å². The van der Waals surface area contributed by atoms with Crippen molar-refractivity contribution in [3.63, 3.8) is 0 Å². The van der Waals surface area contributed by atoms with E-state index in [0.717, 1.165) is 0 Å². The molecule has 0 bridgehead atoms. The van der Waals surface area contributed by atoms with Crippen LogP contribution < -0.4 is 5.32 Å². The molecule has 0 unspecified atom stereocenters. The minimum atomic E-state index is -1.34. The molecular formula is C9H13NO4S. The van der Waals surface area contributed by atoms with Gasteiger partial charge in [-0.2, -0.15) is 0 Å². The van der Waals surface area contributed by atoms with Gasteiger partial charge in [0.2, 0.25) is 0 Å². The predicted molar refractivity (Wildman–Crippen MR) is 56.8 cm³/mol. The minimum Gasteiger partial charge on any atom is -0.479 e. The number of carbonyl (C=O) groups excluding carboxylic acids is 1. The second-order valence-corrected chi connectivity index (χ2v) is 5.03. The van der Waals surface area contributed by atoms with E-state index in [1.807, 2.05) is 0 Å². The third-order valence-corrected chi connectivity index (χ3v) is 2.07. The van der Waals surface area contributed by atoms with Gasteiger partial charge < -0.3 is 15.2 Å². The zero-order valence-electron chi connectivity index (χ0n) is 8.53. The lowest BCUT2D eigenvalue weighted by Crippen LogP contribution is -2.45. The molecule has 0 spiro atoms. The molecule has 0 aromatic carbocycles. The highest BCUT2D eigenvalue weighted by Crippen LogP contribution is 2.41. The van der Waals surface area contributed by atoms with Gasteiger partial charge in [-0.05, 0) is 19.4 Å². The Hall–Kier alpha value is -1.17. The number of amides is 1. The number of ether oxygens (including phenoxy) is 1. The number of hydrogen-bond acceptors (Lipinski definition) is 4. The van der Waals surface area contributed by atoms with Crippen molar-refractivity contribution in [2.24, 2.45) is 0 Å². The van der Waals surface area contributed by atoms with E-state index in [2.05, 4.69) is 24.5 Å². The Labute approximate surface area is 92.9 Å². The molecule has 1 aliphatic carbocycles. The second-order valence-electron chi connectivity index (χ2n) is 3.95. The van der Waals surface area contributed by atoms with Crippen LogP contribution in [0.25, 0.3) is 0 Å². The monoisotopic (exact) mass is 231 g/mol. The first-order valence-electron chi connectivity index (χ1n) is 4.32. The van der Waals surface area contributed by atoms with E-state index in [1.54, 1.807) is 13.8 Å². The van der Waals surface area contributed by atoms with E-state index in [9.17, 15) is 9.59 Å². The smallest absolute Gasteiger partial charge is 0.409 e. The predicted octanol–water partition coefficient (Wildman–Crippen LogP) is 1.16. The molecule has 0 aliphatic heterocycles. The summed E-state index contributed by atoms with van der Waals surface area (Å²) >= 11 is 3.99. The molecule has 0 aromatic heterocycles. The summed E-state index contributed by atoms with van der Waals surface area (Å²) in [5, 5.41) is 11.1. The van der Waals surface area contributed by atoms with Gasteiger partial charge in [0.05, 0.1) is 0 Å². The molecule has 1 fully saturated rings. The molecule has 1 atom stereocenters. The van der Waals surface area contributed by atoms with Gasteiger partial charge in [0.1, 0.15) is 0 Å². The molecule has 5 nitrogen and oxygen atoms in total. The van der Waals surface area contributed by atoms with Crippen molar-refractivity contribution >= 4 is 24.7 Å². The molecule has 0 heterocycles. The van der Waals surface area contributed by atoms with Crippen molar-refractivity contribution < 1.29 is 19.4 Å². The van der Waals surface area contributed by atoms with Gasteiger partial charge in [-0.3, -0.25) is 0 Å². The van der Waals surface area contributed by atoms with Crippen molar-refractivity contribution in [3.8, 4) is 0 Å². The first kappa shape index (κ1) is 11.9. The largest absolute Gasteiger partial charge is 0.479 e. The number of thiol groups is 1. The second kappa shape index (κ2) is 3.44. The summed E-state index contributed by atoms with van der Waals surface area (Å²) in [6.07, 6.45) is -0.569. The number of carbonyl (C=O) groups is 2. The van der Waals surface area contributed by atoms with Gasteiger partial charge in [-0.25, -0.2) is 9.59 Å². The van der Waals surface area contributed by atoms with Crippen LogP contribution in [0.4, 0.5) is 4.79 Å². The van der Waals surface area contributed by atoms with Crippen LogP contribution in [0.3, 0.4) is 0 Å². The quantitative estimate of drug-likeness (QED) is 0.387. The summed E-state index contributed by atoms with van der Waals surface area (Å²) in [5.41, 5.74) is -0.875. The molecule has 2 N–H and O–H groups in total. The normalized spacial score (nSPS) is 24.6. The van der Waals surface area contributed by atoms with Gasteiger partial charge in [-0.15, -0.1) is 12.6 Å². The molecule has 1 aliphatic rings. The Morgan fingerprint density at radius 3 is 2.40 bits per heavy atom. The Balaban J connectivity index is 2.59. The van der Waals surface area contributed by atoms with E-state index in [-0.39, 0.29) is 6.42 Å². The van der Waals surface area contributed by atoms with Crippen molar-refractivity contribution in [1.29, 1.82) is 0 Å². The lowest BCUT2D eigenvalue weighted by Gasteiger charge is -2.20. The topological polar surface area (TPSA) is 75.6 Å². The number of aliphatic carboxylic acids is 1. The van der Waals surface area contributed by atoms with Crippen LogP contribution in [-0.2, 0) is 9.53 Å². The van der Waals surface area contributed by atoms with Gasteiger partial charge in [-0.1, -0.05) is 6.58 Å². The first-order chi connectivity index (χ1) is 6.67. The van der Waals surface area contributed by atoms with E-state index >= 15 is 0 Å². The zero-order chi connectivity index (χ0) is 11.9. The summed E-state index contributed by atoms with van der Waals surface area (Å²) in [7, 11) is 0. The number of alkyl carbamates (subject to hydrolysis) is 1. The van der Waals surface area contributed by atoms with Crippen LogP contribution >= 0.6 is 12.6 Å².